The van der Waals surface area contributed by atoms with Crippen molar-refractivity contribution in [2.24, 2.45) is 4.99 Å². The zero-order chi connectivity index (χ0) is 17.5. The topological polar surface area (TPSA) is 60.8 Å². The number of hydrogen-bond acceptors (Lipinski definition) is 4. The lowest BCUT2D eigenvalue weighted by atomic mass is 10.2. The van der Waals surface area contributed by atoms with Gasteiger partial charge in [0.2, 0.25) is 5.91 Å². The predicted octanol–water partition coefficient (Wildman–Crippen LogP) is 2.77. The fourth-order valence-electron chi connectivity index (χ4n) is 2.87. The Kier molecular flexibility index (Phi) is 9.70. The summed E-state index contributed by atoms with van der Waals surface area (Å²) in [7, 11) is 5.55. The van der Waals surface area contributed by atoms with Crippen molar-refractivity contribution in [1.29, 1.82) is 0 Å². The van der Waals surface area contributed by atoms with Crippen LogP contribution in [0.2, 0.25) is 0 Å². The van der Waals surface area contributed by atoms with E-state index in [-0.39, 0.29) is 36.4 Å². The molecule has 1 aliphatic rings. The first-order chi connectivity index (χ1) is 11.5. The lowest BCUT2D eigenvalue weighted by Gasteiger charge is -2.27. The lowest BCUT2D eigenvalue weighted by molar-refractivity contribution is -0.127. The highest BCUT2D eigenvalue weighted by Gasteiger charge is 2.20. The minimum absolute atomic E-state index is 0. The molecule has 1 aromatic rings. The largest absolute Gasteiger partial charge is 0.354 e. The van der Waals surface area contributed by atoms with Gasteiger partial charge in [-0.1, -0.05) is 19.8 Å². The average Bonchev–Trinajstić information content (AvgIpc) is 3.23. The van der Waals surface area contributed by atoms with Crippen LogP contribution in [0.15, 0.2) is 16.6 Å². The molecule has 6 nitrogen and oxygen atoms in total. The molecular formula is C17H30IN5OS. The van der Waals surface area contributed by atoms with Crippen molar-refractivity contribution in [3.8, 4) is 0 Å². The van der Waals surface area contributed by atoms with Gasteiger partial charge in [0.05, 0.1) is 5.01 Å². The SMILES string of the molecule is CC(CN(C)C(=NCC(=O)N(C)C)NC1CCCC1)c1nccs1.I. The molecule has 8 heteroatoms. The molecule has 25 heavy (non-hydrogen) atoms. The highest BCUT2D eigenvalue weighted by molar-refractivity contribution is 14.0. The first-order valence-corrected chi connectivity index (χ1v) is 9.47. The molecule has 0 radical (unpaired) electrons. The highest BCUT2D eigenvalue weighted by Crippen LogP contribution is 2.20. The molecule has 1 atom stereocenters. The Morgan fingerprint density at radius 3 is 2.64 bits per heavy atom. The molecule has 1 amide bonds. The zero-order valence-corrected chi connectivity index (χ0v) is 18.7. The van der Waals surface area contributed by atoms with Crippen LogP contribution in [-0.4, -0.2) is 66.9 Å². The van der Waals surface area contributed by atoms with Gasteiger partial charge in [0.1, 0.15) is 6.54 Å². The summed E-state index contributed by atoms with van der Waals surface area (Å²) in [5.41, 5.74) is 0. The van der Waals surface area contributed by atoms with Gasteiger partial charge in [0.25, 0.3) is 0 Å². The van der Waals surface area contributed by atoms with E-state index in [2.05, 4.69) is 27.1 Å². The van der Waals surface area contributed by atoms with Crippen LogP contribution in [0.1, 0.15) is 43.5 Å². The monoisotopic (exact) mass is 479 g/mol. The molecule has 1 saturated carbocycles. The number of halogens is 1. The number of nitrogens with one attached hydrogen (secondary N) is 1. The van der Waals surface area contributed by atoms with Gasteiger partial charge in [-0.3, -0.25) is 4.79 Å². The summed E-state index contributed by atoms with van der Waals surface area (Å²) < 4.78 is 0. The summed E-state index contributed by atoms with van der Waals surface area (Å²) >= 11 is 1.68. The maximum atomic E-state index is 11.9. The molecule has 1 fully saturated rings. The Morgan fingerprint density at radius 2 is 2.08 bits per heavy atom. The van der Waals surface area contributed by atoms with Gasteiger partial charge in [0.15, 0.2) is 5.96 Å². The summed E-state index contributed by atoms with van der Waals surface area (Å²) in [6, 6.07) is 0.468. The Morgan fingerprint density at radius 1 is 1.40 bits per heavy atom. The molecule has 0 bridgehead atoms. The molecule has 1 aliphatic carbocycles. The summed E-state index contributed by atoms with van der Waals surface area (Å²) in [6.07, 6.45) is 6.73. The second-order valence-electron chi connectivity index (χ2n) is 6.71. The van der Waals surface area contributed by atoms with E-state index in [4.69, 9.17) is 0 Å². The molecule has 142 valence electrons. The second-order valence-corrected chi connectivity index (χ2v) is 7.63. The van der Waals surface area contributed by atoms with E-state index in [1.165, 1.54) is 25.7 Å². The van der Waals surface area contributed by atoms with Crippen molar-refractivity contribution in [3.05, 3.63) is 16.6 Å². The van der Waals surface area contributed by atoms with Crippen LogP contribution in [0.4, 0.5) is 0 Å². The first kappa shape index (κ1) is 22.1. The lowest BCUT2D eigenvalue weighted by Crippen LogP contribution is -2.45. The van der Waals surface area contributed by atoms with Crippen molar-refractivity contribution in [1.82, 2.24) is 20.1 Å². The molecule has 1 aromatic heterocycles. The Balaban J connectivity index is 0.00000312. The van der Waals surface area contributed by atoms with E-state index in [9.17, 15) is 4.79 Å². The summed E-state index contributed by atoms with van der Waals surface area (Å²) in [6.45, 7) is 3.17. The van der Waals surface area contributed by atoms with Crippen LogP contribution in [0.25, 0.3) is 0 Å². The van der Waals surface area contributed by atoms with Gasteiger partial charge >= 0.3 is 0 Å². The smallest absolute Gasteiger partial charge is 0.243 e. The maximum absolute atomic E-state index is 11.9. The standard InChI is InChI=1S/C17H29N5OS.HI/c1-13(16-18-9-10-24-16)12-22(4)17(19-11-15(23)21(2)3)20-14-7-5-6-8-14;/h9-10,13-14H,5-8,11-12H2,1-4H3,(H,19,20);1H. The van der Waals surface area contributed by atoms with Crippen LogP contribution in [0.5, 0.6) is 0 Å². The van der Waals surface area contributed by atoms with E-state index in [0.29, 0.717) is 12.0 Å². The van der Waals surface area contributed by atoms with Gasteiger partial charge in [0, 0.05) is 51.2 Å². The van der Waals surface area contributed by atoms with E-state index >= 15 is 0 Å². The zero-order valence-electron chi connectivity index (χ0n) is 15.6. The van der Waals surface area contributed by atoms with E-state index in [0.717, 1.165) is 17.5 Å². The normalized spacial score (nSPS) is 16.2. The van der Waals surface area contributed by atoms with Crippen LogP contribution in [0.3, 0.4) is 0 Å². The minimum atomic E-state index is 0. The Hall–Kier alpha value is -0.900. The van der Waals surface area contributed by atoms with Crippen molar-refractivity contribution in [3.63, 3.8) is 0 Å². The number of rotatable bonds is 6. The summed E-state index contributed by atoms with van der Waals surface area (Å²) in [5, 5.41) is 6.69. The first-order valence-electron chi connectivity index (χ1n) is 8.59. The molecule has 0 aliphatic heterocycles. The number of amides is 1. The molecule has 0 saturated heterocycles. The number of hydrogen-bond donors (Lipinski definition) is 1. The van der Waals surface area contributed by atoms with Gasteiger partial charge < -0.3 is 15.1 Å². The molecule has 0 aromatic carbocycles. The number of carbonyl (C=O) groups excluding carboxylic acids is 1. The van der Waals surface area contributed by atoms with Crippen LogP contribution >= 0.6 is 35.3 Å². The number of aliphatic imine (C=N–C) groups is 1. The van der Waals surface area contributed by atoms with Gasteiger partial charge in [-0.05, 0) is 12.8 Å². The van der Waals surface area contributed by atoms with Crippen molar-refractivity contribution >= 4 is 47.2 Å². The van der Waals surface area contributed by atoms with E-state index < -0.39 is 0 Å². The molecular weight excluding hydrogens is 449 g/mol. The van der Waals surface area contributed by atoms with Gasteiger partial charge in [-0.25, -0.2) is 9.98 Å². The number of aromatic nitrogens is 1. The van der Waals surface area contributed by atoms with Crippen LogP contribution in [-0.2, 0) is 4.79 Å². The maximum Gasteiger partial charge on any atom is 0.243 e. The van der Waals surface area contributed by atoms with Gasteiger partial charge in [-0.2, -0.15) is 0 Å². The molecule has 0 spiro atoms. The van der Waals surface area contributed by atoms with Crippen molar-refractivity contribution in [2.45, 2.75) is 44.6 Å². The molecule has 1 N–H and O–H groups in total. The van der Waals surface area contributed by atoms with Crippen molar-refractivity contribution in [2.75, 3.05) is 34.2 Å². The number of nitrogens with zero attached hydrogens (tertiary/aromatic N) is 4. The predicted molar refractivity (Wildman–Crippen MR) is 115 cm³/mol. The Labute approximate surface area is 172 Å². The Bertz CT molecular complexity index is 543. The number of carbonyl (C=O) groups is 1. The second kappa shape index (κ2) is 10.9. The van der Waals surface area contributed by atoms with E-state index in [1.807, 2.05) is 18.6 Å². The number of likely N-dealkylation sites (N-methyl/N-ethyl adjacent to an activating group) is 2. The minimum Gasteiger partial charge on any atom is -0.354 e. The average molecular weight is 479 g/mol. The van der Waals surface area contributed by atoms with Gasteiger partial charge in [-0.15, -0.1) is 35.3 Å². The third-order valence-corrected chi connectivity index (χ3v) is 5.34. The highest BCUT2D eigenvalue weighted by atomic mass is 127. The molecule has 2 rings (SSSR count). The fourth-order valence-corrected chi connectivity index (χ4v) is 3.56. The summed E-state index contributed by atoms with van der Waals surface area (Å²) in [4.78, 5) is 24.5. The fraction of sp³-hybridized carbons (Fsp3) is 0.706. The quantitative estimate of drug-likeness (QED) is 0.387. The summed E-state index contributed by atoms with van der Waals surface area (Å²) in [5.74, 6) is 1.16. The molecule has 1 heterocycles. The third-order valence-electron chi connectivity index (χ3n) is 4.33. The van der Waals surface area contributed by atoms with Crippen molar-refractivity contribution < 1.29 is 4.79 Å². The van der Waals surface area contributed by atoms with E-state index in [1.54, 1.807) is 30.3 Å². The van der Waals surface area contributed by atoms with Crippen LogP contribution < -0.4 is 5.32 Å². The number of guanidine groups is 1. The molecule has 1 unspecified atom stereocenters. The van der Waals surface area contributed by atoms with Crippen LogP contribution in [0, 0.1) is 0 Å². The third kappa shape index (κ3) is 7.08. The number of thiazole rings is 1.